The van der Waals surface area contributed by atoms with E-state index in [1.807, 2.05) is 6.07 Å². The molecule has 0 bridgehead atoms. The van der Waals surface area contributed by atoms with Crippen LogP contribution in [0.25, 0.3) is 0 Å². The van der Waals surface area contributed by atoms with Crippen LogP contribution < -0.4 is 10.1 Å². The Bertz CT molecular complexity index is 594. The van der Waals surface area contributed by atoms with Crippen LogP contribution in [0.4, 0.5) is 0 Å². The van der Waals surface area contributed by atoms with E-state index in [4.69, 9.17) is 9.15 Å². The minimum absolute atomic E-state index is 0.0743. The number of furan rings is 1. The Kier molecular flexibility index (Phi) is 4.13. The highest BCUT2D eigenvalue weighted by Crippen LogP contribution is 2.33. The van der Waals surface area contributed by atoms with Crippen LogP contribution in [0.3, 0.4) is 0 Å². The molecule has 0 saturated heterocycles. The largest absolute Gasteiger partial charge is 0.493 e. The summed E-state index contributed by atoms with van der Waals surface area (Å²) < 4.78 is 12.2. The van der Waals surface area contributed by atoms with Crippen molar-refractivity contribution in [1.29, 1.82) is 0 Å². The van der Waals surface area contributed by atoms with E-state index in [1.54, 1.807) is 6.26 Å². The van der Waals surface area contributed by atoms with Gasteiger partial charge in [0.15, 0.2) is 0 Å². The van der Waals surface area contributed by atoms with E-state index in [2.05, 4.69) is 46.4 Å². The number of benzene rings is 1. The lowest BCUT2D eigenvalue weighted by Gasteiger charge is -2.18. The van der Waals surface area contributed by atoms with Crippen molar-refractivity contribution in [2.24, 2.45) is 0 Å². The summed E-state index contributed by atoms with van der Waals surface area (Å²) >= 11 is 3.56. The van der Waals surface area contributed by atoms with Crippen molar-refractivity contribution >= 4 is 15.9 Å². The second kappa shape index (κ2) is 6.02. The lowest BCUT2D eigenvalue weighted by atomic mass is 10.0. The third kappa shape index (κ3) is 2.63. The molecule has 0 radical (unpaired) electrons. The fraction of sp³-hybridized carbons (Fsp3) is 0.375. The SMILES string of the molecule is CCCNC(c1ccc2c(c1)CCO2)c1occc1Br. The first-order chi connectivity index (χ1) is 9.79. The second-order valence-electron chi connectivity index (χ2n) is 4.99. The Hall–Kier alpha value is -1.26. The standard InChI is InChI=1S/C16H18BrNO2/c1-2-7-18-15(16-13(17)6-9-20-16)12-3-4-14-11(10-12)5-8-19-14/h3-4,6,9-10,15,18H,2,5,7-8H2,1H3. The average molecular weight is 336 g/mol. The van der Waals surface area contributed by atoms with Crippen molar-refractivity contribution in [3.8, 4) is 5.75 Å². The van der Waals surface area contributed by atoms with Crippen LogP contribution in [0.2, 0.25) is 0 Å². The summed E-state index contributed by atoms with van der Waals surface area (Å²) in [6, 6.07) is 8.42. The Morgan fingerprint density at radius 3 is 3.00 bits per heavy atom. The number of fused-ring (bicyclic) bond motifs is 1. The lowest BCUT2D eigenvalue weighted by molar-refractivity contribution is 0.356. The van der Waals surface area contributed by atoms with Gasteiger partial charge < -0.3 is 14.5 Å². The Morgan fingerprint density at radius 1 is 1.35 bits per heavy atom. The van der Waals surface area contributed by atoms with Crippen LogP contribution in [-0.2, 0) is 6.42 Å². The molecule has 1 N–H and O–H groups in total. The van der Waals surface area contributed by atoms with Crippen LogP contribution in [0.15, 0.2) is 39.4 Å². The molecule has 106 valence electrons. The minimum Gasteiger partial charge on any atom is -0.493 e. The van der Waals surface area contributed by atoms with Crippen molar-refractivity contribution in [3.05, 3.63) is 51.9 Å². The van der Waals surface area contributed by atoms with Crippen molar-refractivity contribution < 1.29 is 9.15 Å². The highest BCUT2D eigenvalue weighted by molar-refractivity contribution is 9.10. The first-order valence-electron chi connectivity index (χ1n) is 7.01. The average Bonchev–Trinajstić information content (AvgIpc) is 3.08. The van der Waals surface area contributed by atoms with Gasteiger partial charge in [-0.3, -0.25) is 0 Å². The fourth-order valence-corrected chi connectivity index (χ4v) is 2.98. The van der Waals surface area contributed by atoms with Crippen molar-refractivity contribution in [2.75, 3.05) is 13.2 Å². The first kappa shape index (κ1) is 13.7. The Balaban J connectivity index is 1.94. The molecule has 20 heavy (non-hydrogen) atoms. The quantitative estimate of drug-likeness (QED) is 0.894. The zero-order chi connectivity index (χ0) is 13.9. The molecule has 0 spiro atoms. The summed E-state index contributed by atoms with van der Waals surface area (Å²) in [5, 5.41) is 3.56. The van der Waals surface area contributed by atoms with Gasteiger partial charge in [-0.05, 0) is 58.2 Å². The maximum atomic E-state index is 5.66. The summed E-state index contributed by atoms with van der Waals surface area (Å²) in [6.07, 6.45) is 3.79. The summed E-state index contributed by atoms with van der Waals surface area (Å²) in [4.78, 5) is 0. The molecule has 4 heteroatoms. The lowest BCUT2D eigenvalue weighted by Crippen LogP contribution is -2.23. The third-order valence-corrected chi connectivity index (χ3v) is 4.21. The number of nitrogens with one attached hydrogen (secondary N) is 1. The van der Waals surface area contributed by atoms with Gasteiger partial charge in [0.05, 0.1) is 23.4 Å². The zero-order valence-corrected chi connectivity index (χ0v) is 13.1. The number of hydrogen-bond donors (Lipinski definition) is 1. The zero-order valence-electron chi connectivity index (χ0n) is 11.5. The van der Waals surface area contributed by atoms with Crippen molar-refractivity contribution in [3.63, 3.8) is 0 Å². The molecule has 1 aliphatic heterocycles. The van der Waals surface area contributed by atoms with Crippen LogP contribution in [-0.4, -0.2) is 13.2 Å². The van der Waals surface area contributed by atoms with Gasteiger partial charge in [-0.15, -0.1) is 0 Å². The highest BCUT2D eigenvalue weighted by Gasteiger charge is 2.22. The minimum atomic E-state index is 0.0743. The van der Waals surface area contributed by atoms with E-state index in [-0.39, 0.29) is 6.04 Å². The molecular formula is C16H18BrNO2. The molecule has 1 aromatic heterocycles. The highest BCUT2D eigenvalue weighted by atomic mass is 79.9. The maximum Gasteiger partial charge on any atom is 0.139 e. The molecule has 2 heterocycles. The summed E-state index contributed by atoms with van der Waals surface area (Å²) in [6.45, 7) is 3.90. The molecule has 3 rings (SSSR count). The van der Waals surface area contributed by atoms with Gasteiger partial charge in [0, 0.05) is 6.42 Å². The van der Waals surface area contributed by atoms with E-state index in [0.717, 1.165) is 42.0 Å². The number of hydrogen-bond acceptors (Lipinski definition) is 3. The Labute approximate surface area is 127 Å². The maximum absolute atomic E-state index is 5.66. The molecular weight excluding hydrogens is 318 g/mol. The van der Waals surface area contributed by atoms with Gasteiger partial charge in [-0.25, -0.2) is 0 Å². The van der Waals surface area contributed by atoms with E-state index < -0.39 is 0 Å². The third-order valence-electron chi connectivity index (χ3n) is 3.55. The van der Waals surface area contributed by atoms with Gasteiger partial charge in [-0.1, -0.05) is 13.0 Å². The van der Waals surface area contributed by atoms with Crippen LogP contribution in [0.1, 0.15) is 36.3 Å². The van der Waals surface area contributed by atoms with E-state index >= 15 is 0 Å². The molecule has 1 atom stereocenters. The molecule has 1 aliphatic rings. The molecule has 1 aromatic carbocycles. The predicted molar refractivity (Wildman–Crippen MR) is 82.2 cm³/mol. The van der Waals surface area contributed by atoms with Crippen molar-refractivity contribution in [1.82, 2.24) is 5.32 Å². The summed E-state index contributed by atoms with van der Waals surface area (Å²) in [5.41, 5.74) is 2.51. The first-order valence-corrected chi connectivity index (χ1v) is 7.80. The van der Waals surface area contributed by atoms with Gasteiger partial charge in [-0.2, -0.15) is 0 Å². The molecule has 0 amide bonds. The molecule has 3 nitrogen and oxygen atoms in total. The number of rotatable bonds is 5. The number of ether oxygens (including phenoxy) is 1. The topological polar surface area (TPSA) is 34.4 Å². The Morgan fingerprint density at radius 2 is 2.25 bits per heavy atom. The van der Waals surface area contributed by atoms with Gasteiger partial charge in [0.2, 0.25) is 0 Å². The summed E-state index contributed by atoms with van der Waals surface area (Å²) in [7, 11) is 0. The van der Waals surface area contributed by atoms with Gasteiger partial charge >= 0.3 is 0 Å². The van der Waals surface area contributed by atoms with E-state index in [0.29, 0.717) is 0 Å². The number of halogens is 1. The van der Waals surface area contributed by atoms with Crippen molar-refractivity contribution in [2.45, 2.75) is 25.8 Å². The van der Waals surface area contributed by atoms with Crippen LogP contribution >= 0.6 is 15.9 Å². The summed E-state index contributed by atoms with van der Waals surface area (Å²) in [5.74, 6) is 1.94. The fourth-order valence-electron chi connectivity index (χ4n) is 2.55. The molecule has 0 aliphatic carbocycles. The smallest absolute Gasteiger partial charge is 0.139 e. The molecule has 1 unspecified atom stereocenters. The van der Waals surface area contributed by atoms with Gasteiger partial charge in [0.25, 0.3) is 0 Å². The van der Waals surface area contributed by atoms with Gasteiger partial charge in [0.1, 0.15) is 11.5 Å². The molecule has 2 aromatic rings. The van der Waals surface area contributed by atoms with E-state index in [1.165, 1.54) is 11.1 Å². The molecule has 0 saturated carbocycles. The second-order valence-corrected chi connectivity index (χ2v) is 5.84. The van der Waals surface area contributed by atoms with Crippen LogP contribution in [0.5, 0.6) is 5.75 Å². The monoisotopic (exact) mass is 335 g/mol. The predicted octanol–water partition coefficient (Wildman–Crippen LogP) is 4.07. The molecule has 0 fully saturated rings. The normalized spacial score (nSPS) is 14.9. The van der Waals surface area contributed by atoms with E-state index in [9.17, 15) is 0 Å². The van der Waals surface area contributed by atoms with Crippen LogP contribution in [0, 0.1) is 0 Å².